The van der Waals surface area contributed by atoms with Gasteiger partial charge in [0.25, 0.3) is 0 Å². The largest absolute Gasteiger partial charge is 0.354 e. The van der Waals surface area contributed by atoms with E-state index in [1.807, 2.05) is 52.2 Å². The molecule has 3 aromatic rings. The standard InChI is InChI=1S/C22H28N6O2S/c1-15-13-18(19-7-8-24-21(14-19)28-11-9-23-10-12-28)5-6-20(15)31(29,30)26-22-16(2)25-27(4)17(22)3/h5-8,13-14,23H,9-12H2,1-4H3,(H-,26,29,30)/p+1. The predicted molar refractivity (Wildman–Crippen MR) is 125 cm³/mol. The number of nitrogens with zero attached hydrogens (tertiary/aromatic N) is 4. The van der Waals surface area contributed by atoms with Gasteiger partial charge in [-0.25, -0.2) is 4.98 Å². The van der Waals surface area contributed by atoms with E-state index in [0.717, 1.165) is 54.4 Å². The van der Waals surface area contributed by atoms with Gasteiger partial charge in [0.1, 0.15) is 11.5 Å². The summed E-state index contributed by atoms with van der Waals surface area (Å²) in [6, 6.07) is 9.62. The Bertz CT molecular complexity index is 1150. The molecule has 0 saturated carbocycles. The van der Waals surface area contributed by atoms with E-state index in [2.05, 4.69) is 31.1 Å². The van der Waals surface area contributed by atoms with Crippen molar-refractivity contribution in [2.45, 2.75) is 25.7 Å². The predicted octanol–water partition coefficient (Wildman–Crippen LogP) is 3.18. The van der Waals surface area contributed by atoms with Crippen molar-refractivity contribution in [2.75, 3.05) is 35.8 Å². The molecule has 2 aromatic heterocycles. The lowest BCUT2D eigenvalue weighted by Gasteiger charge is -2.28. The maximum Gasteiger partial charge on any atom is 0.346 e. The van der Waals surface area contributed by atoms with E-state index in [-0.39, 0.29) is 0 Å². The highest BCUT2D eigenvalue weighted by Gasteiger charge is 2.34. The Morgan fingerprint density at radius 3 is 2.45 bits per heavy atom. The number of hydrogen-bond acceptors (Lipinski definition) is 5. The second-order valence-corrected chi connectivity index (χ2v) is 9.61. The number of pyridine rings is 1. The van der Waals surface area contributed by atoms with E-state index in [4.69, 9.17) is 0 Å². The summed E-state index contributed by atoms with van der Waals surface area (Å²) in [6.07, 6.45) is 1.82. The Balaban J connectivity index is 1.61. The van der Waals surface area contributed by atoms with Gasteiger partial charge in [-0.3, -0.25) is 4.68 Å². The lowest BCUT2D eigenvalue weighted by atomic mass is 10.0. The molecule has 3 heterocycles. The first-order valence-corrected chi connectivity index (χ1v) is 11.8. The first kappa shape index (κ1) is 21.5. The Labute approximate surface area is 184 Å². The SMILES string of the molecule is Cc1cc(-c2ccnc(N3CCNCC3)c2)ccc1[S+](=O)(O)Nc1c(C)nn(C)c1C. The van der Waals surface area contributed by atoms with Gasteiger partial charge in [-0.2, -0.15) is 14.4 Å². The molecule has 3 N–H and O–H groups in total. The first-order chi connectivity index (χ1) is 14.8. The van der Waals surface area contributed by atoms with Gasteiger partial charge in [0, 0.05) is 45.0 Å². The van der Waals surface area contributed by atoms with Crippen LogP contribution in [0, 0.1) is 20.8 Å². The monoisotopic (exact) mass is 441 g/mol. The number of aromatic nitrogens is 3. The number of anilines is 2. The van der Waals surface area contributed by atoms with Gasteiger partial charge in [-0.15, -0.1) is 0 Å². The van der Waals surface area contributed by atoms with E-state index >= 15 is 0 Å². The highest BCUT2D eigenvalue weighted by atomic mass is 32.3. The fourth-order valence-corrected chi connectivity index (χ4v) is 5.35. The number of benzene rings is 1. The van der Waals surface area contributed by atoms with Crippen LogP contribution >= 0.6 is 0 Å². The summed E-state index contributed by atoms with van der Waals surface area (Å²) in [7, 11) is -1.67. The van der Waals surface area contributed by atoms with Crippen molar-refractivity contribution < 1.29 is 8.76 Å². The highest BCUT2D eigenvalue weighted by molar-refractivity contribution is 7.99. The summed E-state index contributed by atoms with van der Waals surface area (Å²) in [5, 5.41) is 7.67. The van der Waals surface area contributed by atoms with Crippen molar-refractivity contribution in [2.24, 2.45) is 7.05 Å². The third-order valence-corrected chi connectivity index (χ3v) is 7.28. The summed E-state index contributed by atoms with van der Waals surface area (Å²) < 4.78 is 28.5. The van der Waals surface area contributed by atoms with Gasteiger partial charge < -0.3 is 10.2 Å². The van der Waals surface area contributed by atoms with Gasteiger partial charge in [0.2, 0.25) is 4.90 Å². The molecular formula is C22H29N6O2S+. The molecule has 8 nitrogen and oxygen atoms in total. The molecule has 0 bridgehead atoms. The number of hydrogen-bond donors (Lipinski definition) is 3. The zero-order valence-corrected chi connectivity index (χ0v) is 19.2. The minimum Gasteiger partial charge on any atom is -0.354 e. The maximum atomic E-state index is 13.2. The third-order valence-electron chi connectivity index (χ3n) is 5.74. The zero-order chi connectivity index (χ0) is 22.2. The molecular weight excluding hydrogens is 412 g/mol. The molecule has 0 amide bonds. The average molecular weight is 442 g/mol. The average Bonchev–Trinajstić information content (AvgIpc) is 3.00. The second kappa shape index (κ2) is 8.41. The van der Waals surface area contributed by atoms with Crippen molar-refractivity contribution in [1.29, 1.82) is 0 Å². The van der Waals surface area contributed by atoms with Gasteiger partial charge in [0.05, 0.1) is 11.4 Å². The fourth-order valence-electron chi connectivity index (χ4n) is 3.92. The summed E-state index contributed by atoms with van der Waals surface area (Å²) in [4.78, 5) is 7.17. The molecule has 31 heavy (non-hydrogen) atoms. The lowest BCUT2D eigenvalue weighted by molar-refractivity contribution is 0.502. The van der Waals surface area contributed by atoms with Gasteiger partial charge in [-0.1, -0.05) is 0 Å². The van der Waals surface area contributed by atoms with Crippen LogP contribution < -0.4 is 14.9 Å². The Hall–Kier alpha value is -2.75. The van der Waals surface area contributed by atoms with E-state index in [1.54, 1.807) is 10.7 Å². The third kappa shape index (κ3) is 4.34. The van der Waals surface area contributed by atoms with E-state index in [1.165, 1.54) is 0 Å². The maximum absolute atomic E-state index is 13.2. The van der Waals surface area contributed by atoms with Crippen LogP contribution in [0.3, 0.4) is 0 Å². The van der Waals surface area contributed by atoms with Crippen molar-refractivity contribution >= 4 is 21.9 Å². The second-order valence-electron chi connectivity index (χ2n) is 7.92. The molecule has 1 aromatic carbocycles. The van der Waals surface area contributed by atoms with Crippen molar-refractivity contribution in [3.63, 3.8) is 0 Å². The van der Waals surface area contributed by atoms with E-state index in [0.29, 0.717) is 16.3 Å². The lowest BCUT2D eigenvalue weighted by Crippen LogP contribution is -2.43. The van der Waals surface area contributed by atoms with Crippen LogP contribution in [0.5, 0.6) is 0 Å². The molecule has 1 aliphatic rings. The van der Waals surface area contributed by atoms with Crippen LogP contribution in [0.25, 0.3) is 11.1 Å². The molecule has 1 atom stereocenters. The van der Waals surface area contributed by atoms with Crippen LogP contribution in [-0.4, -0.2) is 45.5 Å². The number of nitrogens with one attached hydrogen (secondary N) is 2. The Morgan fingerprint density at radius 2 is 1.81 bits per heavy atom. The molecule has 4 rings (SSSR count). The van der Waals surface area contributed by atoms with E-state index < -0.39 is 10.4 Å². The smallest absolute Gasteiger partial charge is 0.346 e. The molecule has 0 aliphatic carbocycles. The zero-order valence-electron chi connectivity index (χ0n) is 18.3. The van der Waals surface area contributed by atoms with Crippen LogP contribution in [0.15, 0.2) is 41.4 Å². The molecule has 1 fully saturated rings. The van der Waals surface area contributed by atoms with Crippen LogP contribution in [-0.2, 0) is 21.7 Å². The molecule has 1 saturated heterocycles. The van der Waals surface area contributed by atoms with Gasteiger partial charge in [0.15, 0.2) is 0 Å². The molecule has 0 spiro atoms. The minimum absolute atomic E-state index is 0.371. The van der Waals surface area contributed by atoms with Crippen LogP contribution in [0.1, 0.15) is 17.0 Å². The number of rotatable bonds is 5. The number of piperazine rings is 1. The Morgan fingerprint density at radius 1 is 1.10 bits per heavy atom. The van der Waals surface area contributed by atoms with E-state index in [9.17, 15) is 8.76 Å². The van der Waals surface area contributed by atoms with Crippen LogP contribution in [0.2, 0.25) is 0 Å². The Kier molecular flexibility index (Phi) is 5.83. The molecule has 1 unspecified atom stereocenters. The molecule has 0 radical (unpaired) electrons. The first-order valence-electron chi connectivity index (χ1n) is 10.3. The van der Waals surface area contributed by atoms with Gasteiger partial charge >= 0.3 is 10.4 Å². The van der Waals surface area contributed by atoms with Crippen molar-refractivity contribution in [3.8, 4) is 11.1 Å². The van der Waals surface area contributed by atoms with Crippen LogP contribution in [0.4, 0.5) is 11.5 Å². The summed E-state index contributed by atoms with van der Waals surface area (Å²) in [5.41, 5.74) is 4.86. The normalized spacial score (nSPS) is 16.2. The molecule has 164 valence electrons. The summed E-state index contributed by atoms with van der Waals surface area (Å²) >= 11 is 0. The summed E-state index contributed by atoms with van der Waals surface area (Å²) in [6.45, 7) is 9.31. The van der Waals surface area contributed by atoms with Crippen molar-refractivity contribution in [1.82, 2.24) is 20.1 Å². The topological polar surface area (TPSA) is 95.3 Å². The summed E-state index contributed by atoms with van der Waals surface area (Å²) in [5.74, 6) is 0.955. The quantitative estimate of drug-likeness (QED) is 0.527. The highest BCUT2D eigenvalue weighted by Crippen LogP contribution is 2.31. The molecule has 1 aliphatic heterocycles. The van der Waals surface area contributed by atoms with Gasteiger partial charge in [-0.05, 0) is 66.4 Å². The minimum atomic E-state index is -3.48. The van der Waals surface area contributed by atoms with Crippen molar-refractivity contribution in [3.05, 3.63) is 53.5 Å². The molecule has 9 heteroatoms. The fraction of sp³-hybridized carbons (Fsp3) is 0.364. The number of aryl methyl sites for hydroxylation is 3.